The number of aliphatic imine (C=N–C) groups is 1. The first-order valence-electron chi connectivity index (χ1n) is 8.23. The van der Waals surface area contributed by atoms with E-state index in [1.54, 1.807) is 19.2 Å². The first-order valence-corrected chi connectivity index (χ1v) is 9.30. The van der Waals surface area contributed by atoms with Crippen molar-refractivity contribution in [1.82, 2.24) is 4.98 Å². The first-order chi connectivity index (χ1) is 13.0. The number of phenols is 2. The summed E-state index contributed by atoms with van der Waals surface area (Å²) in [7, 11) is 0. The minimum atomic E-state index is -0.0141. The Morgan fingerprint density at radius 1 is 1.04 bits per heavy atom. The summed E-state index contributed by atoms with van der Waals surface area (Å²) in [5.41, 5.74) is 4.31. The van der Waals surface area contributed by atoms with Gasteiger partial charge in [0, 0.05) is 27.0 Å². The summed E-state index contributed by atoms with van der Waals surface area (Å²) in [6.45, 7) is 1.80. The number of rotatable bonds is 3. The fraction of sp³-hybridized carbons (Fsp3) is 0.0476. The van der Waals surface area contributed by atoms with E-state index in [9.17, 15) is 10.2 Å². The number of hydrogen-bond acceptors (Lipinski definition) is 5. The van der Waals surface area contributed by atoms with Gasteiger partial charge in [-0.25, -0.2) is 4.98 Å². The van der Waals surface area contributed by atoms with Crippen LogP contribution in [0, 0.1) is 10.5 Å². The first kappa shape index (κ1) is 17.5. The number of hydrogen-bond donors (Lipinski definition) is 2. The quantitative estimate of drug-likeness (QED) is 0.303. The minimum Gasteiger partial charge on any atom is -0.508 e. The highest BCUT2D eigenvalue weighted by molar-refractivity contribution is 14.1. The summed E-state index contributed by atoms with van der Waals surface area (Å²) in [5.74, 6) is 0.573. The van der Waals surface area contributed by atoms with E-state index < -0.39 is 0 Å². The molecule has 0 atom stereocenters. The summed E-state index contributed by atoms with van der Waals surface area (Å²) >= 11 is 2.26. The molecule has 4 rings (SSSR count). The molecule has 5 nitrogen and oxygen atoms in total. The van der Waals surface area contributed by atoms with Crippen LogP contribution in [0.5, 0.6) is 11.5 Å². The number of phenolic OH excluding ortho intramolecular Hbond substituents is 2. The summed E-state index contributed by atoms with van der Waals surface area (Å²) in [6, 6.07) is 16.3. The van der Waals surface area contributed by atoms with Gasteiger partial charge in [0.25, 0.3) is 0 Å². The van der Waals surface area contributed by atoms with E-state index in [-0.39, 0.29) is 11.5 Å². The Bertz CT molecular complexity index is 1140. The van der Waals surface area contributed by atoms with Crippen molar-refractivity contribution in [1.29, 1.82) is 0 Å². The van der Waals surface area contributed by atoms with Gasteiger partial charge in [-0.05, 0) is 83.6 Å². The van der Waals surface area contributed by atoms with Gasteiger partial charge in [0.15, 0.2) is 5.58 Å². The van der Waals surface area contributed by atoms with Crippen molar-refractivity contribution in [2.75, 3.05) is 0 Å². The lowest BCUT2D eigenvalue weighted by Crippen LogP contribution is -1.87. The molecule has 27 heavy (non-hydrogen) atoms. The maximum atomic E-state index is 9.99. The molecule has 1 aromatic heterocycles. The number of halogens is 1. The molecule has 0 saturated carbocycles. The van der Waals surface area contributed by atoms with Crippen molar-refractivity contribution in [3.8, 4) is 23.0 Å². The van der Waals surface area contributed by atoms with Crippen LogP contribution in [0.4, 0.5) is 5.69 Å². The Morgan fingerprint density at radius 3 is 2.56 bits per heavy atom. The molecule has 0 aliphatic rings. The molecule has 0 saturated heterocycles. The van der Waals surface area contributed by atoms with Gasteiger partial charge in [0.2, 0.25) is 5.89 Å². The third kappa shape index (κ3) is 3.66. The Hall–Kier alpha value is -2.87. The van der Waals surface area contributed by atoms with E-state index in [0.717, 1.165) is 14.7 Å². The zero-order valence-electron chi connectivity index (χ0n) is 14.3. The number of aromatic hydroxyl groups is 2. The number of aromatic nitrogens is 1. The number of fused-ring (bicyclic) bond motifs is 1. The van der Waals surface area contributed by atoms with Crippen molar-refractivity contribution in [3.05, 3.63) is 69.3 Å². The zero-order valence-corrected chi connectivity index (χ0v) is 16.5. The molecule has 6 heteroatoms. The third-order valence-electron chi connectivity index (χ3n) is 4.15. The van der Waals surface area contributed by atoms with Crippen molar-refractivity contribution in [2.45, 2.75) is 6.92 Å². The Kier molecular flexibility index (Phi) is 4.57. The van der Waals surface area contributed by atoms with Gasteiger partial charge < -0.3 is 14.6 Å². The average molecular weight is 470 g/mol. The SMILES string of the molecule is Cc1cc(O)cc(O)c1C=Nc1ccc2oc(-c3ccc(I)cc3)nc2c1. The molecule has 0 bridgehead atoms. The maximum Gasteiger partial charge on any atom is 0.227 e. The van der Waals surface area contributed by atoms with Gasteiger partial charge in [0.1, 0.15) is 17.0 Å². The van der Waals surface area contributed by atoms with Crippen molar-refractivity contribution >= 4 is 45.6 Å². The molecule has 0 aliphatic heterocycles. The monoisotopic (exact) mass is 470 g/mol. The zero-order chi connectivity index (χ0) is 19.0. The van der Waals surface area contributed by atoms with Gasteiger partial charge in [-0.2, -0.15) is 0 Å². The molecule has 0 spiro atoms. The molecule has 1 heterocycles. The second-order valence-corrected chi connectivity index (χ2v) is 7.38. The molecule has 0 unspecified atom stereocenters. The van der Waals surface area contributed by atoms with Crippen LogP contribution in [-0.4, -0.2) is 21.4 Å². The van der Waals surface area contributed by atoms with Gasteiger partial charge in [-0.1, -0.05) is 0 Å². The summed E-state index contributed by atoms with van der Waals surface area (Å²) in [6.07, 6.45) is 1.57. The van der Waals surface area contributed by atoms with E-state index in [1.807, 2.05) is 42.5 Å². The number of nitrogens with zero attached hydrogens (tertiary/aromatic N) is 2. The van der Waals surface area contributed by atoms with E-state index >= 15 is 0 Å². The topological polar surface area (TPSA) is 78.9 Å². The van der Waals surface area contributed by atoms with Crippen LogP contribution in [0.1, 0.15) is 11.1 Å². The van der Waals surface area contributed by atoms with E-state index in [1.165, 1.54) is 6.07 Å². The lowest BCUT2D eigenvalue weighted by atomic mass is 10.1. The van der Waals surface area contributed by atoms with Crippen LogP contribution in [0.25, 0.3) is 22.6 Å². The lowest BCUT2D eigenvalue weighted by molar-refractivity contribution is 0.449. The van der Waals surface area contributed by atoms with Crippen LogP contribution in [-0.2, 0) is 0 Å². The molecule has 0 fully saturated rings. The molecule has 0 aliphatic carbocycles. The maximum absolute atomic E-state index is 9.99. The second kappa shape index (κ2) is 7.03. The molecular weight excluding hydrogens is 455 g/mol. The van der Waals surface area contributed by atoms with E-state index in [4.69, 9.17) is 4.42 Å². The Labute approximate surface area is 169 Å². The molecule has 3 aromatic carbocycles. The van der Waals surface area contributed by atoms with Gasteiger partial charge in [0.05, 0.1) is 5.69 Å². The second-order valence-electron chi connectivity index (χ2n) is 6.13. The van der Waals surface area contributed by atoms with Gasteiger partial charge in [-0.3, -0.25) is 4.99 Å². The highest BCUT2D eigenvalue weighted by Gasteiger charge is 2.09. The third-order valence-corrected chi connectivity index (χ3v) is 4.87. The highest BCUT2D eigenvalue weighted by Crippen LogP contribution is 2.29. The molecule has 2 N–H and O–H groups in total. The largest absolute Gasteiger partial charge is 0.508 e. The molecule has 134 valence electrons. The standard InChI is InChI=1S/C21H15IN2O3/c1-12-8-16(25)10-19(26)17(12)11-23-15-6-7-20-18(9-15)24-21(27-20)13-2-4-14(22)5-3-13/h2-11,25-26H,1H3. The van der Waals surface area contributed by atoms with Crippen LogP contribution in [0.3, 0.4) is 0 Å². The van der Waals surface area contributed by atoms with Gasteiger partial charge in [-0.15, -0.1) is 0 Å². The normalized spacial score (nSPS) is 11.5. The summed E-state index contributed by atoms with van der Waals surface area (Å²) in [4.78, 5) is 8.97. The summed E-state index contributed by atoms with van der Waals surface area (Å²) < 4.78 is 6.98. The summed E-state index contributed by atoms with van der Waals surface area (Å²) in [5, 5.41) is 19.5. The van der Waals surface area contributed by atoms with E-state index in [2.05, 4.69) is 32.6 Å². The van der Waals surface area contributed by atoms with Crippen LogP contribution in [0.15, 0.2) is 64.0 Å². The smallest absolute Gasteiger partial charge is 0.227 e. The predicted octanol–water partition coefficient (Wildman–Crippen LogP) is 5.57. The molecule has 0 radical (unpaired) electrons. The van der Waals surface area contributed by atoms with E-state index in [0.29, 0.717) is 28.2 Å². The number of benzene rings is 3. The average Bonchev–Trinajstić information content (AvgIpc) is 3.04. The van der Waals surface area contributed by atoms with Crippen LogP contribution >= 0.6 is 22.6 Å². The number of aryl methyl sites for hydroxylation is 1. The lowest BCUT2D eigenvalue weighted by Gasteiger charge is -2.04. The fourth-order valence-corrected chi connectivity index (χ4v) is 3.14. The molecule has 0 amide bonds. The minimum absolute atomic E-state index is 0.0141. The van der Waals surface area contributed by atoms with Crippen molar-refractivity contribution < 1.29 is 14.6 Å². The van der Waals surface area contributed by atoms with Crippen molar-refractivity contribution in [2.24, 2.45) is 4.99 Å². The predicted molar refractivity (Wildman–Crippen MR) is 114 cm³/mol. The van der Waals surface area contributed by atoms with Crippen molar-refractivity contribution in [3.63, 3.8) is 0 Å². The van der Waals surface area contributed by atoms with Crippen LogP contribution in [0.2, 0.25) is 0 Å². The molecular formula is C21H15IN2O3. The fourth-order valence-electron chi connectivity index (χ4n) is 2.78. The number of oxazole rings is 1. The van der Waals surface area contributed by atoms with Crippen LogP contribution < -0.4 is 0 Å². The Morgan fingerprint density at radius 2 is 1.81 bits per heavy atom. The Balaban J connectivity index is 1.67. The van der Waals surface area contributed by atoms with Gasteiger partial charge >= 0.3 is 0 Å². The molecule has 4 aromatic rings. The highest BCUT2D eigenvalue weighted by atomic mass is 127.